The van der Waals surface area contributed by atoms with Gasteiger partial charge in [0.25, 0.3) is 11.8 Å². The third kappa shape index (κ3) is 4.49. The average Bonchev–Trinajstić information content (AvgIpc) is 3.01. The van der Waals surface area contributed by atoms with Crippen LogP contribution in [0.4, 0.5) is 11.4 Å². The van der Waals surface area contributed by atoms with Crippen molar-refractivity contribution in [3.8, 4) is 0 Å². The Balaban J connectivity index is 1.60. The molecule has 2 aromatic carbocycles. The molecule has 27 heavy (non-hydrogen) atoms. The van der Waals surface area contributed by atoms with E-state index in [4.69, 9.17) is 5.11 Å². The topological polar surface area (TPSA) is 125 Å². The molecular weight excluding hydrogens is 350 g/mol. The molecule has 0 unspecified atom stereocenters. The highest BCUT2D eigenvalue weighted by Gasteiger charge is 2.19. The van der Waals surface area contributed by atoms with Crippen molar-refractivity contribution in [2.75, 3.05) is 17.2 Å². The molecule has 4 N–H and O–H groups in total. The van der Waals surface area contributed by atoms with Crippen molar-refractivity contribution in [2.45, 2.75) is 12.8 Å². The summed E-state index contributed by atoms with van der Waals surface area (Å²) >= 11 is 0. The molecule has 2 aromatic rings. The Morgan fingerprint density at radius 1 is 1.00 bits per heavy atom. The zero-order valence-electron chi connectivity index (χ0n) is 14.2. The minimum atomic E-state index is -0.986. The molecule has 0 atom stereocenters. The zero-order valence-corrected chi connectivity index (χ0v) is 14.2. The van der Waals surface area contributed by atoms with Gasteiger partial charge in [-0.2, -0.15) is 0 Å². The number of rotatable bonds is 6. The predicted molar refractivity (Wildman–Crippen MR) is 97.8 cm³/mol. The number of anilines is 2. The number of nitrogens with one attached hydrogen (secondary N) is 3. The second-order valence-corrected chi connectivity index (χ2v) is 6.03. The van der Waals surface area contributed by atoms with E-state index in [1.54, 1.807) is 30.3 Å². The zero-order chi connectivity index (χ0) is 19.4. The van der Waals surface area contributed by atoms with Crippen LogP contribution in [0, 0.1) is 0 Å². The SMILES string of the molecule is O=C(O)CCNC(=O)c1ccc(NC(=O)c2ccc3c(c2)CC(=O)N3)cc1. The maximum Gasteiger partial charge on any atom is 0.305 e. The molecule has 0 fully saturated rings. The summed E-state index contributed by atoms with van der Waals surface area (Å²) in [5.41, 5.74) is 2.80. The number of benzene rings is 2. The Hall–Kier alpha value is -3.68. The first-order valence-electron chi connectivity index (χ1n) is 8.26. The van der Waals surface area contributed by atoms with Crippen LogP contribution in [-0.2, 0) is 16.0 Å². The molecule has 0 aromatic heterocycles. The van der Waals surface area contributed by atoms with Crippen LogP contribution >= 0.6 is 0 Å². The first-order valence-corrected chi connectivity index (χ1v) is 8.26. The van der Waals surface area contributed by atoms with Gasteiger partial charge in [-0.25, -0.2) is 0 Å². The van der Waals surface area contributed by atoms with Gasteiger partial charge in [0.05, 0.1) is 12.8 Å². The van der Waals surface area contributed by atoms with Gasteiger partial charge < -0.3 is 21.1 Å². The van der Waals surface area contributed by atoms with Crippen molar-refractivity contribution < 1.29 is 24.3 Å². The maximum atomic E-state index is 12.4. The average molecular weight is 367 g/mol. The Labute approximate surface area is 154 Å². The summed E-state index contributed by atoms with van der Waals surface area (Å²) in [5, 5.41) is 16.5. The Kier molecular flexibility index (Phi) is 5.16. The molecule has 0 bridgehead atoms. The summed E-state index contributed by atoms with van der Waals surface area (Å²) in [4.78, 5) is 46.1. The van der Waals surface area contributed by atoms with Crippen LogP contribution in [0.25, 0.3) is 0 Å². The van der Waals surface area contributed by atoms with E-state index in [1.807, 2.05) is 0 Å². The molecule has 1 aliphatic heterocycles. The van der Waals surface area contributed by atoms with E-state index in [1.165, 1.54) is 12.1 Å². The molecule has 1 aliphatic rings. The second kappa shape index (κ2) is 7.69. The van der Waals surface area contributed by atoms with Crippen LogP contribution in [0.2, 0.25) is 0 Å². The minimum absolute atomic E-state index is 0.0440. The lowest BCUT2D eigenvalue weighted by molar-refractivity contribution is -0.136. The standard InChI is InChI=1S/C19H17N3O5/c23-16-10-13-9-12(3-6-15(13)22-16)19(27)21-14-4-1-11(2-5-14)18(26)20-8-7-17(24)25/h1-6,9H,7-8,10H2,(H,20,26)(H,21,27)(H,22,23)(H,24,25). The molecule has 0 aliphatic carbocycles. The first kappa shape index (κ1) is 18.1. The molecule has 3 amide bonds. The maximum absolute atomic E-state index is 12.4. The molecule has 8 nitrogen and oxygen atoms in total. The second-order valence-electron chi connectivity index (χ2n) is 6.03. The predicted octanol–water partition coefficient (Wildman–Crippen LogP) is 1.64. The lowest BCUT2D eigenvalue weighted by atomic mass is 10.1. The number of carbonyl (C=O) groups is 4. The largest absolute Gasteiger partial charge is 0.481 e. The first-order chi connectivity index (χ1) is 12.9. The molecule has 0 radical (unpaired) electrons. The van der Waals surface area contributed by atoms with Crippen LogP contribution in [-0.4, -0.2) is 35.3 Å². The molecule has 8 heteroatoms. The van der Waals surface area contributed by atoms with Crippen LogP contribution in [0.3, 0.4) is 0 Å². The summed E-state index contributed by atoms with van der Waals surface area (Å²) in [6, 6.07) is 11.2. The molecule has 138 valence electrons. The quantitative estimate of drug-likeness (QED) is 0.618. The van der Waals surface area contributed by atoms with Crippen molar-refractivity contribution in [3.05, 3.63) is 59.2 Å². The summed E-state index contributed by atoms with van der Waals surface area (Å²) in [6.07, 6.45) is 0.101. The van der Waals surface area contributed by atoms with Crippen molar-refractivity contribution in [3.63, 3.8) is 0 Å². The minimum Gasteiger partial charge on any atom is -0.481 e. The number of carboxylic acid groups (broad SMARTS) is 1. The van der Waals surface area contributed by atoms with E-state index in [0.29, 0.717) is 16.8 Å². The molecule has 3 rings (SSSR count). The number of hydrogen-bond acceptors (Lipinski definition) is 4. The van der Waals surface area contributed by atoms with Crippen molar-refractivity contribution in [2.24, 2.45) is 0 Å². The molecule has 0 saturated heterocycles. The highest BCUT2D eigenvalue weighted by atomic mass is 16.4. The lowest BCUT2D eigenvalue weighted by Crippen LogP contribution is -2.25. The van der Waals surface area contributed by atoms with E-state index in [2.05, 4.69) is 16.0 Å². The van der Waals surface area contributed by atoms with Crippen LogP contribution in [0.5, 0.6) is 0 Å². The fourth-order valence-corrected chi connectivity index (χ4v) is 2.66. The van der Waals surface area contributed by atoms with Gasteiger partial charge in [-0.05, 0) is 48.0 Å². The van der Waals surface area contributed by atoms with Crippen LogP contribution < -0.4 is 16.0 Å². The van der Waals surface area contributed by atoms with Gasteiger partial charge in [-0.15, -0.1) is 0 Å². The van der Waals surface area contributed by atoms with E-state index in [-0.39, 0.29) is 37.1 Å². The van der Waals surface area contributed by atoms with Gasteiger partial charge in [0, 0.05) is 29.0 Å². The number of hydrogen-bond donors (Lipinski definition) is 4. The Morgan fingerprint density at radius 3 is 2.41 bits per heavy atom. The fraction of sp³-hybridized carbons (Fsp3) is 0.158. The Bertz CT molecular complexity index is 921. The number of carbonyl (C=O) groups excluding carboxylic acids is 3. The van der Waals surface area contributed by atoms with Crippen molar-refractivity contribution >= 4 is 35.1 Å². The summed E-state index contributed by atoms with van der Waals surface area (Å²) in [5.74, 6) is -1.79. The van der Waals surface area contributed by atoms with Gasteiger partial charge in [-0.3, -0.25) is 19.2 Å². The van der Waals surface area contributed by atoms with Crippen LogP contribution in [0.15, 0.2) is 42.5 Å². The van der Waals surface area contributed by atoms with Gasteiger partial charge in [-0.1, -0.05) is 0 Å². The molecule has 1 heterocycles. The number of fused-ring (bicyclic) bond motifs is 1. The normalized spacial score (nSPS) is 12.1. The molecular formula is C19H17N3O5. The number of carboxylic acids is 1. The van der Waals surface area contributed by atoms with Crippen molar-refractivity contribution in [1.29, 1.82) is 0 Å². The third-order valence-corrected chi connectivity index (χ3v) is 4.02. The lowest BCUT2D eigenvalue weighted by Gasteiger charge is -2.08. The number of aliphatic carboxylic acids is 1. The summed E-state index contributed by atoms with van der Waals surface area (Å²) in [6.45, 7) is 0.0440. The molecule has 0 saturated carbocycles. The van der Waals surface area contributed by atoms with Crippen molar-refractivity contribution in [1.82, 2.24) is 5.32 Å². The van der Waals surface area contributed by atoms with Crippen LogP contribution in [0.1, 0.15) is 32.7 Å². The van der Waals surface area contributed by atoms with E-state index in [9.17, 15) is 19.2 Å². The van der Waals surface area contributed by atoms with Gasteiger partial charge >= 0.3 is 5.97 Å². The summed E-state index contributed by atoms with van der Waals surface area (Å²) < 4.78 is 0. The van der Waals surface area contributed by atoms with E-state index in [0.717, 1.165) is 11.3 Å². The highest BCUT2D eigenvalue weighted by molar-refractivity contribution is 6.06. The Morgan fingerprint density at radius 2 is 1.70 bits per heavy atom. The van der Waals surface area contributed by atoms with Gasteiger partial charge in [0.1, 0.15) is 0 Å². The number of amides is 3. The smallest absolute Gasteiger partial charge is 0.305 e. The third-order valence-electron chi connectivity index (χ3n) is 4.02. The molecule has 0 spiro atoms. The highest BCUT2D eigenvalue weighted by Crippen LogP contribution is 2.24. The van der Waals surface area contributed by atoms with Gasteiger partial charge in [0.2, 0.25) is 5.91 Å². The monoisotopic (exact) mass is 367 g/mol. The van der Waals surface area contributed by atoms with E-state index >= 15 is 0 Å². The van der Waals surface area contributed by atoms with Gasteiger partial charge in [0.15, 0.2) is 0 Å². The summed E-state index contributed by atoms with van der Waals surface area (Å²) in [7, 11) is 0. The van der Waals surface area contributed by atoms with E-state index < -0.39 is 5.97 Å². The fourth-order valence-electron chi connectivity index (χ4n) is 2.66.